The van der Waals surface area contributed by atoms with Gasteiger partial charge < -0.3 is 9.47 Å². The quantitative estimate of drug-likeness (QED) is 0.714. The van der Waals surface area contributed by atoms with Crippen molar-refractivity contribution in [2.24, 2.45) is 13.0 Å². The number of likely N-dealkylation sites (tertiary alicyclic amines) is 1. The number of nitrogens with zero attached hydrogens (tertiary/aromatic N) is 5. The average Bonchev–Trinajstić information content (AvgIpc) is 2.83. The highest BCUT2D eigenvalue weighted by molar-refractivity contribution is 5.79. The van der Waals surface area contributed by atoms with Crippen LogP contribution in [0.5, 0.6) is 0 Å². The molecule has 0 aromatic carbocycles. The van der Waals surface area contributed by atoms with Gasteiger partial charge in [0, 0.05) is 20.0 Å². The molecule has 0 spiro atoms. The lowest BCUT2D eigenvalue weighted by Gasteiger charge is -2.23. The average molecular weight is 219 g/mol. The van der Waals surface area contributed by atoms with E-state index in [4.69, 9.17) is 5.26 Å². The topological polar surface area (TPSA) is 74.8 Å². The van der Waals surface area contributed by atoms with Crippen LogP contribution in [0.4, 0.5) is 0 Å². The van der Waals surface area contributed by atoms with E-state index in [0.717, 1.165) is 5.82 Å². The zero-order valence-corrected chi connectivity index (χ0v) is 9.29. The van der Waals surface area contributed by atoms with E-state index in [-0.39, 0.29) is 17.9 Å². The molecule has 0 radical (unpaired) electrons. The van der Waals surface area contributed by atoms with Crippen LogP contribution in [-0.2, 0) is 11.8 Å². The fourth-order valence-electron chi connectivity index (χ4n) is 2.00. The summed E-state index contributed by atoms with van der Waals surface area (Å²) >= 11 is 0. The van der Waals surface area contributed by atoms with Gasteiger partial charge in [-0.25, -0.2) is 0 Å². The second-order valence-corrected chi connectivity index (χ2v) is 4.05. The van der Waals surface area contributed by atoms with Crippen molar-refractivity contribution in [3.8, 4) is 6.07 Å². The number of amides is 1. The maximum absolute atomic E-state index is 11.7. The van der Waals surface area contributed by atoms with E-state index in [1.54, 1.807) is 15.8 Å². The normalized spacial score (nSPS) is 22.2. The molecule has 1 aliphatic rings. The van der Waals surface area contributed by atoms with Gasteiger partial charge in [0.05, 0.1) is 18.0 Å². The third kappa shape index (κ3) is 1.65. The van der Waals surface area contributed by atoms with Crippen molar-refractivity contribution in [1.82, 2.24) is 19.7 Å². The van der Waals surface area contributed by atoms with E-state index in [1.165, 1.54) is 0 Å². The van der Waals surface area contributed by atoms with Crippen molar-refractivity contribution < 1.29 is 4.79 Å². The lowest BCUT2D eigenvalue weighted by molar-refractivity contribution is -0.129. The molecule has 2 heterocycles. The van der Waals surface area contributed by atoms with Crippen molar-refractivity contribution in [2.75, 3.05) is 6.54 Å². The smallest absolute Gasteiger partial charge is 0.224 e. The Hall–Kier alpha value is -1.90. The maximum atomic E-state index is 11.7. The molecule has 1 fully saturated rings. The van der Waals surface area contributed by atoms with E-state index >= 15 is 0 Å². The number of nitriles is 1. The molecule has 2 atom stereocenters. The fraction of sp³-hybridized carbons (Fsp3) is 0.600. The van der Waals surface area contributed by atoms with Crippen LogP contribution in [0.1, 0.15) is 25.2 Å². The summed E-state index contributed by atoms with van der Waals surface area (Å²) in [5.41, 5.74) is 0. The number of rotatable bonds is 2. The molecule has 1 saturated heterocycles. The summed E-state index contributed by atoms with van der Waals surface area (Å²) in [4.78, 5) is 13.4. The molecular formula is C10H13N5O. The van der Waals surface area contributed by atoms with Gasteiger partial charge in [0.15, 0.2) is 5.82 Å². The number of carbonyl (C=O) groups excluding carboxylic acids is 1. The predicted molar refractivity (Wildman–Crippen MR) is 54.9 cm³/mol. The Kier molecular flexibility index (Phi) is 2.60. The van der Waals surface area contributed by atoms with E-state index in [2.05, 4.69) is 16.3 Å². The summed E-state index contributed by atoms with van der Waals surface area (Å²) in [6.07, 6.45) is 1.92. The van der Waals surface area contributed by atoms with Crippen LogP contribution in [0.3, 0.4) is 0 Å². The van der Waals surface area contributed by atoms with Gasteiger partial charge in [-0.2, -0.15) is 5.26 Å². The summed E-state index contributed by atoms with van der Waals surface area (Å²) in [7, 11) is 1.84. The van der Waals surface area contributed by atoms with Crippen molar-refractivity contribution in [3.05, 3.63) is 12.2 Å². The third-order valence-electron chi connectivity index (χ3n) is 2.93. The molecule has 6 heteroatoms. The zero-order chi connectivity index (χ0) is 11.7. The number of aryl methyl sites for hydroxylation is 1. The predicted octanol–water partition coefficient (Wildman–Crippen LogP) is 0.248. The van der Waals surface area contributed by atoms with Gasteiger partial charge >= 0.3 is 0 Å². The standard InChI is InChI=1S/C10H13N5O/c1-7(10-13-12-6-14(10)2)15-5-8(4-11)3-9(15)16/h6-8H,3,5H2,1-2H3. The molecule has 84 valence electrons. The van der Waals surface area contributed by atoms with E-state index < -0.39 is 0 Å². The first-order valence-electron chi connectivity index (χ1n) is 5.16. The van der Waals surface area contributed by atoms with Gasteiger partial charge in [-0.15, -0.1) is 10.2 Å². The van der Waals surface area contributed by atoms with Gasteiger partial charge in [0.2, 0.25) is 5.91 Å². The molecule has 0 aliphatic carbocycles. The highest BCUT2D eigenvalue weighted by Gasteiger charge is 2.34. The van der Waals surface area contributed by atoms with Crippen LogP contribution in [-0.4, -0.2) is 32.1 Å². The van der Waals surface area contributed by atoms with Crippen molar-refractivity contribution in [2.45, 2.75) is 19.4 Å². The summed E-state index contributed by atoms with van der Waals surface area (Å²) < 4.78 is 1.79. The number of carbonyl (C=O) groups is 1. The monoisotopic (exact) mass is 219 g/mol. The lowest BCUT2D eigenvalue weighted by atomic mass is 10.1. The molecule has 2 unspecified atom stereocenters. The summed E-state index contributed by atoms with van der Waals surface area (Å²) in [5, 5.41) is 16.6. The molecule has 0 saturated carbocycles. The first kappa shape index (κ1) is 10.6. The van der Waals surface area contributed by atoms with Crippen molar-refractivity contribution in [1.29, 1.82) is 5.26 Å². The Labute approximate surface area is 93.5 Å². The van der Waals surface area contributed by atoms with Gasteiger partial charge in [-0.3, -0.25) is 4.79 Å². The summed E-state index contributed by atoms with van der Waals surface area (Å²) in [6, 6.07) is 2.01. The first-order valence-corrected chi connectivity index (χ1v) is 5.16. The molecule has 6 nitrogen and oxygen atoms in total. The number of aromatic nitrogens is 3. The Morgan fingerprint density at radius 3 is 2.94 bits per heavy atom. The number of hydrogen-bond donors (Lipinski definition) is 0. The largest absolute Gasteiger partial charge is 0.331 e. The molecule has 16 heavy (non-hydrogen) atoms. The molecular weight excluding hydrogens is 206 g/mol. The highest BCUT2D eigenvalue weighted by Crippen LogP contribution is 2.26. The van der Waals surface area contributed by atoms with E-state index in [0.29, 0.717) is 13.0 Å². The minimum atomic E-state index is -0.192. The van der Waals surface area contributed by atoms with Crippen LogP contribution in [0.2, 0.25) is 0 Å². The highest BCUT2D eigenvalue weighted by atomic mass is 16.2. The SMILES string of the molecule is CC(c1nncn1C)N1CC(C#N)CC1=O. The molecule has 0 N–H and O–H groups in total. The second-order valence-electron chi connectivity index (χ2n) is 4.05. The molecule has 1 aliphatic heterocycles. The minimum Gasteiger partial charge on any atom is -0.331 e. The zero-order valence-electron chi connectivity index (χ0n) is 9.29. The molecule has 2 rings (SSSR count). The number of hydrogen-bond acceptors (Lipinski definition) is 4. The van der Waals surface area contributed by atoms with Crippen LogP contribution in [0.25, 0.3) is 0 Å². The molecule has 1 aromatic rings. The summed E-state index contributed by atoms with van der Waals surface area (Å²) in [5.74, 6) is 0.567. The third-order valence-corrected chi connectivity index (χ3v) is 2.93. The van der Waals surface area contributed by atoms with E-state index in [1.807, 2.05) is 14.0 Å². The Balaban J connectivity index is 2.18. The van der Waals surface area contributed by atoms with Crippen LogP contribution >= 0.6 is 0 Å². The Bertz CT molecular complexity index is 446. The van der Waals surface area contributed by atoms with Gasteiger partial charge in [0.25, 0.3) is 0 Å². The fourth-order valence-corrected chi connectivity index (χ4v) is 2.00. The maximum Gasteiger partial charge on any atom is 0.224 e. The Morgan fingerprint density at radius 2 is 2.44 bits per heavy atom. The molecule has 1 amide bonds. The minimum absolute atomic E-state index is 0.0158. The lowest BCUT2D eigenvalue weighted by Crippen LogP contribution is -2.30. The van der Waals surface area contributed by atoms with Crippen molar-refractivity contribution in [3.63, 3.8) is 0 Å². The summed E-state index contributed by atoms with van der Waals surface area (Å²) in [6.45, 7) is 2.39. The van der Waals surface area contributed by atoms with Gasteiger partial charge in [-0.1, -0.05) is 0 Å². The van der Waals surface area contributed by atoms with Gasteiger partial charge in [0.1, 0.15) is 6.33 Å². The van der Waals surface area contributed by atoms with Crippen LogP contribution in [0.15, 0.2) is 6.33 Å². The van der Waals surface area contributed by atoms with Crippen LogP contribution < -0.4 is 0 Å². The first-order chi connectivity index (χ1) is 7.63. The Morgan fingerprint density at radius 1 is 1.69 bits per heavy atom. The van der Waals surface area contributed by atoms with Crippen molar-refractivity contribution >= 4 is 5.91 Å². The van der Waals surface area contributed by atoms with E-state index in [9.17, 15) is 4.79 Å². The van der Waals surface area contributed by atoms with Crippen LogP contribution in [0, 0.1) is 17.2 Å². The second kappa shape index (κ2) is 3.93. The molecule has 0 bridgehead atoms. The van der Waals surface area contributed by atoms with Gasteiger partial charge in [-0.05, 0) is 6.92 Å². The molecule has 1 aromatic heterocycles.